The molecule has 2 heterocycles. The predicted octanol–water partition coefficient (Wildman–Crippen LogP) is 2.93. The van der Waals surface area contributed by atoms with Gasteiger partial charge in [0.25, 0.3) is 0 Å². The Morgan fingerprint density at radius 3 is 2.58 bits per heavy atom. The molecule has 2 atom stereocenters. The number of ether oxygens (including phenoxy) is 2. The minimum Gasteiger partial charge on any atom is -0.497 e. The minimum atomic E-state index is 0. The number of methoxy groups -OCH3 is 1. The lowest BCUT2D eigenvalue weighted by molar-refractivity contribution is 0.300. The zero-order chi connectivity index (χ0) is 16.2. The van der Waals surface area contributed by atoms with Crippen molar-refractivity contribution in [3.05, 3.63) is 40.3 Å². The summed E-state index contributed by atoms with van der Waals surface area (Å²) in [7, 11) is 1.65. The fourth-order valence-corrected chi connectivity index (χ4v) is 3.45. The fraction of sp³-hybridized carbons (Fsp3) is 0.471. The van der Waals surface area contributed by atoms with Gasteiger partial charge in [-0.25, -0.2) is 4.98 Å². The van der Waals surface area contributed by atoms with Gasteiger partial charge in [-0.05, 0) is 30.2 Å². The van der Waals surface area contributed by atoms with Crippen LogP contribution in [0, 0.1) is 5.92 Å². The minimum absolute atomic E-state index is 0. The van der Waals surface area contributed by atoms with Crippen LogP contribution in [0.5, 0.6) is 11.5 Å². The summed E-state index contributed by atoms with van der Waals surface area (Å²) < 4.78 is 10.9. The van der Waals surface area contributed by atoms with Crippen molar-refractivity contribution in [1.29, 1.82) is 0 Å². The number of rotatable bonds is 6. The number of halogens is 1. The highest BCUT2D eigenvalue weighted by Crippen LogP contribution is 2.21. The fourth-order valence-electron chi connectivity index (χ4n) is 2.76. The predicted molar refractivity (Wildman–Crippen MR) is 99.1 cm³/mol. The summed E-state index contributed by atoms with van der Waals surface area (Å²) in [6.45, 7) is 5.58. The largest absolute Gasteiger partial charge is 0.497 e. The lowest BCUT2D eigenvalue weighted by Crippen LogP contribution is -2.28. The van der Waals surface area contributed by atoms with E-state index in [0.717, 1.165) is 41.8 Å². The quantitative estimate of drug-likeness (QED) is 0.848. The molecule has 0 saturated carbocycles. The van der Waals surface area contributed by atoms with E-state index in [1.807, 2.05) is 24.3 Å². The number of aromatic nitrogens is 1. The van der Waals surface area contributed by atoms with Crippen LogP contribution in [0.4, 0.5) is 0 Å². The van der Waals surface area contributed by atoms with Crippen molar-refractivity contribution in [2.75, 3.05) is 20.2 Å². The zero-order valence-electron chi connectivity index (χ0n) is 14.0. The van der Waals surface area contributed by atoms with E-state index in [1.54, 1.807) is 18.4 Å². The topological polar surface area (TPSA) is 60.6 Å². The van der Waals surface area contributed by atoms with Gasteiger partial charge >= 0.3 is 0 Å². The molecule has 132 valence electrons. The molecule has 0 amide bonds. The number of hydrogen-bond donors (Lipinski definition) is 1. The average molecular weight is 370 g/mol. The van der Waals surface area contributed by atoms with Crippen LogP contribution in [-0.4, -0.2) is 36.1 Å². The second-order valence-corrected chi connectivity index (χ2v) is 6.97. The Morgan fingerprint density at radius 1 is 1.25 bits per heavy atom. The van der Waals surface area contributed by atoms with Crippen LogP contribution in [0.25, 0.3) is 0 Å². The van der Waals surface area contributed by atoms with Crippen molar-refractivity contribution in [2.45, 2.75) is 26.1 Å². The van der Waals surface area contributed by atoms with Gasteiger partial charge in [0.15, 0.2) is 0 Å². The molecule has 1 aromatic heterocycles. The summed E-state index contributed by atoms with van der Waals surface area (Å²) in [6.07, 6.45) is 0. The molecule has 1 aliphatic rings. The third-order valence-corrected chi connectivity index (χ3v) is 5.02. The van der Waals surface area contributed by atoms with E-state index in [2.05, 4.69) is 22.2 Å². The summed E-state index contributed by atoms with van der Waals surface area (Å²) >= 11 is 1.64. The molecule has 1 aliphatic heterocycles. The Labute approximate surface area is 153 Å². The number of likely N-dealkylation sites (tertiary alicyclic amines) is 1. The third-order valence-electron chi connectivity index (χ3n) is 4.15. The maximum Gasteiger partial charge on any atom is 0.140 e. The summed E-state index contributed by atoms with van der Waals surface area (Å²) in [5.74, 6) is 2.21. The molecule has 2 aromatic rings. The SMILES string of the molecule is COc1ccc(OCc2nc(CN3CC(C)C(N)C3)cs2)cc1.Cl. The first-order valence-electron chi connectivity index (χ1n) is 7.82. The van der Waals surface area contributed by atoms with Crippen LogP contribution >= 0.6 is 23.7 Å². The highest BCUT2D eigenvalue weighted by molar-refractivity contribution is 7.09. The molecule has 2 N–H and O–H groups in total. The second-order valence-electron chi connectivity index (χ2n) is 6.03. The molecule has 1 saturated heterocycles. The van der Waals surface area contributed by atoms with Gasteiger partial charge in [0, 0.05) is 31.1 Å². The van der Waals surface area contributed by atoms with Crippen molar-refractivity contribution in [3.8, 4) is 11.5 Å². The standard InChI is InChI=1S/C17H23N3O2S.ClH/c1-12-7-20(9-16(12)18)8-13-11-23-17(19-13)10-22-15-5-3-14(21-2)4-6-15;/h3-6,11-12,16H,7-10,18H2,1-2H3;1H. The lowest BCUT2D eigenvalue weighted by atomic mass is 10.1. The van der Waals surface area contributed by atoms with Crippen molar-refractivity contribution in [2.24, 2.45) is 11.7 Å². The van der Waals surface area contributed by atoms with E-state index in [4.69, 9.17) is 15.2 Å². The normalized spacial score (nSPS) is 20.6. The van der Waals surface area contributed by atoms with Gasteiger partial charge in [0.1, 0.15) is 23.1 Å². The van der Waals surface area contributed by atoms with Gasteiger partial charge < -0.3 is 15.2 Å². The molecule has 2 unspecified atom stereocenters. The van der Waals surface area contributed by atoms with Gasteiger partial charge in [0.05, 0.1) is 12.8 Å². The summed E-state index contributed by atoms with van der Waals surface area (Å²) in [5, 5.41) is 3.11. The average Bonchev–Trinajstić information content (AvgIpc) is 3.13. The maximum atomic E-state index is 6.07. The Kier molecular flexibility index (Phi) is 6.86. The highest BCUT2D eigenvalue weighted by Gasteiger charge is 2.26. The molecule has 0 bridgehead atoms. The Morgan fingerprint density at radius 2 is 1.96 bits per heavy atom. The van der Waals surface area contributed by atoms with E-state index in [1.165, 1.54) is 0 Å². The van der Waals surface area contributed by atoms with E-state index in [0.29, 0.717) is 12.5 Å². The van der Waals surface area contributed by atoms with Crippen molar-refractivity contribution in [1.82, 2.24) is 9.88 Å². The molecule has 1 aromatic carbocycles. The number of nitrogens with zero attached hydrogens (tertiary/aromatic N) is 2. The smallest absolute Gasteiger partial charge is 0.140 e. The molecule has 3 rings (SSSR count). The molecule has 7 heteroatoms. The molecular formula is C17H24ClN3O2S. The van der Waals surface area contributed by atoms with Crippen LogP contribution in [0.3, 0.4) is 0 Å². The molecule has 5 nitrogen and oxygen atoms in total. The molecule has 24 heavy (non-hydrogen) atoms. The van der Waals surface area contributed by atoms with E-state index in [9.17, 15) is 0 Å². The Balaban J connectivity index is 0.00000208. The number of nitrogens with two attached hydrogens (primary N) is 1. The van der Waals surface area contributed by atoms with E-state index < -0.39 is 0 Å². The molecule has 0 radical (unpaired) electrons. The van der Waals surface area contributed by atoms with Gasteiger partial charge in [0.2, 0.25) is 0 Å². The number of thiazole rings is 1. The lowest BCUT2D eigenvalue weighted by Gasteiger charge is -2.12. The monoisotopic (exact) mass is 369 g/mol. The van der Waals surface area contributed by atoms with Crippen LogP contribution in [0.1, 0.15) is 17.6 Å². The van der Waals surface area contributed by atoms with Crippen LogP contribution < -0.4 is 15.2 Å². The Bertz CT molecular complexity index is 625. The van der Waals surface area contributed by atoms with Gasteiger partial charge in [-0.3, -0.25) is 4.90 Å². The first kappa shape index (κ1) is 19.0. The van der Waals surface area contributed by atoms with Crippen LogP contribution in [0.15, 0.2) is 29.6 Å². The first-order valence-corrected chi connectivity index (χ1v) is 8.70. The third kappa shape index (κ3) is 4.83. The first-order chi connectivity index (χ1) is 11.1. The molecule has 1 fully saturated rings. The van der Waals surface area contributed by atoms with Crippen molar-refractivity contribution in [3.63, 3.8) is 0 Å². The van der Waals surface area contributed by atoms with Crippen LogP contribution in [-0.2, 0) is 13.2 Å². The summed E-state index contributed by atoms with van der Waals surface area (Å²) in [5.41, 5.74) is 7.17. The van der Waals surface area contributed by atoms with E-state index in [-0.39, 0.29) is 18.4 Å². The molecular weight excluding hydrogens is 346 g/mol. The van der Waals surface area contributed by atoms with Gasteiger partial charge in [-0.1, -0.05) is 6.92 Å². The van der Waals surface area contributed by atoms with Crippen LogP contribution in [0.2, 0.25) is 0 Å². The summed E-state index contributed by atoms with van der Waals surface area (Å²) in [4.78, 5) is 7.03. The maximum absolute atomic E-state index is 6.07. The number of hydrogen-bond acceptors (Lipinski definition) is 6. The number of benzene rings is 1. The summed E-state index contributed by atoms with van der Waals surface area (Å²) in [6, 6.07) is 7.87. The van der Waals surface area contributed by atoms with Gasteiger partial charge in [-0.2, -0.15) is 0 Å². The van der Waals surface area contributed by atoms with Gasteiger partial charge in [-0.15, -0.1) is 23.7 Å². The zero-order valence-corrected chi connectivity index (χ0v) is 15.6. The highest BCUT2D eigenvalue weighted by atomic mass is 35.5. The van der Waals surface area contributed by atoms with Crippen molar-refractivity contribution < 1.29 is 9.47 Å². The molecule has 0 spiro atoms. The molecule has 0 aliphatic carbocycles. The second kappa shape index (κ2) is 8.67. The van der Waals surface area contributed by atoms with E-state index >= 15 is 0 Å². The van der Waals surface area contributed by atoms with Crippen molar-refractivity contribution >= 4 is 23.7 Å². The Hall–Kier alpha value is -1.34.